The fourth-order valence-electron chi connectivity index (χ4n) is 2.35. The average Bonchev–Trinajstić information content (AvgIpc) is 2.60. The summed E-state index contributed by atoms with van der Waals surface area (Å²) in [5.74, 6) is -0.626. The Bertz CT molecular complexity index is 817. The molecule has 0 radical (unpaired) electrons. The van der Waals surface area contributed by atoms with Crippen LogP contribution in [0.15, 0.2) is 48.5 Å². The van der Waals surface area contributed by atoms with Gasteiger partial charge in [0.05, 0.1) is 11.5 Å². The van der Waals surface area contributed by atoms with Gasteiger partial charge in [0.1, 0.15) is 0 Å². The van der Waals surface area contributed by atoms with E-state index in [2.05, 4.69) is 12.2 Å². The molecule has 0 aromatic heterocycles. The lowest BCUT2D eigenvalue weighted by atomic mass is 10.1. The predicted octanol–water partition coefficient (Wildman–Crippen LogP) is 3.52. The third kappa shape index (κ3) is 6.52. The Hall–Kier alpha value is -1.85. The van der Waals surface area contributed by atoms with E-state index in [0.717, 1.165) is 12.0 Å². The number of amides is 1. The van der Waals surface area contributed by atoms with E-state index >= 15 is 0 Å². The zero-order valence-electron chi connectivity index (χ0n) is 14.2. The third-order valence-electron chi connectivity index (χ3n) is 3.89. The number of carbonyl (C=O) groups excluding carboxylic acids is 1. The quantitative estimate of drug-likeness (QED) is 0.763. The van der Waals surface area contributed by atoms with Gasteiger partial charge in [0, 0.05) is 18.0 Å². The Morgan fingerprint density at radius 2 is 1.68 bits per heavy atom. The van der Waals surface area contributed by atoms with Crippen LogP contribution in [-0.4, -0.2) is 20.1 Å². The van der Waals surface area contributed by atoms with Crippen molar-refractivity contribution in [1.82, 2.24) is 5.32 Å². The minimum Gasteiger partial charge on any atom is -0.352 e. The van der Waals surface area contributed by atoms with Crippen LogP contribution in [0.25, 0.3) is 0 Å². The molecule has 0 fully saturated rings. The molecule has 0 saturated carbocycles. The second kappa shape index (κ2) is 9.02. The molecule has 1 N–H and O–H groups in total. The van der Waals surface area contributed by atoms with Crippen LogP contribution in [0.4, 0.5) is 0 Å². The van der Waals surface area contributed by atoms with Crippen molar-refractivity contribution < 1.29 is 13.2 Å². The third-order valence-corrected chi connectivity index (χ3v) is 5.84. The summed E-state index contributed by atoms with van der Waals surface area (Å²) >= 11 is 5.99. The summed E-state index contributed by atoms with van der Waals surface area (Å²) < 4.78 is 24.3. The molecule has 0 heterocycles. The van der Waals surface area contributed by atoms with E-state index < -0.39 is 9.84 Å². The largest absolute Gasteiger partial charge is 0.352 e. The van der Waals surface area contributed by atoms with E-state index in [4.69, 9.17) is 11.6 Å². The van der Waals surface area contributed by atoms with Crippen LogP contribution in [0, 0.1) is 0 Å². The lowest BCUT2D eigenvalue weighted by Crippen LogP contribution is -2.25. The van der Waals surface area contributed by atoms with E-state index in [1.807, 2.05) is 24.3 Å². The van der Waals surface area contributed by atoms with Crippen LogP contribution >= 0.6 is 11.6 Å². The number of nitrogens with one attached hydrogen (secondary N) is 1. The fourth-order valence-corrected chi connectivity index (χ4v) is 4.00. The first-order chi connectivity index (χ1) is 11.9. The van der Waals surface area contributed by atoms with E-state index in [9.17, 15) is 13.2 Å². The predicted molar refractivity (Wildman–Crippen MR) is 101 cm³/mol. The Labute approximate surface area is 154 Å². The number of aryl methyl sites for hydroxylation is 1. The zero-order chi connectivity index (χ0) is 18.3. The lowest BCUT2D eigenvalue weighted by Gasteiger charge is -2.08. The van der Waals surface area contributed by atoms with Crippen molar-refractivity contribution in [2.45, 2.75) is 32.1 Å². The number of hydrogen-bond acceptors (Lipinski definition) is 3. The van der Waals surface area contributed by atoms with Crippen LogP contribution in [0.3, 0.4) is 0 Å². The first-order valence-corrected chi connectivity index (χ1v) is 10.4. The van der Waals surface area contributed by atoms with Gasteiger partial charge in [-0.1, -0.05) is 61.0 Å². The van der Waals surface area contributed by atoms with E-state index in [0.29, 0.717) is 17.1 Å². The van der Waals surface area contributed by atoms with Crippen LogP contribution in [0.2, 0.25) is 5.02 Å². The van der Waals surface area contributed by atoms with Gasteiger partial charge in [0.2, 0.25) is 5.91 Å². The minimum atomic E-state index is -3.39. The molecule has 2 aromatic carbocycles. The minimum absolute atomic E-state index is 0.0557. The molecule has 25 heavy (non-hydrogen) atoms. The molecular weight excluding hydrogens is 358 g/mol. The SMILES string of the molecule is CCc1ccc(CNC(=O)CCS(=O)(=O)Cc2ccccc2Cl)cc1. The summed E-state index contributed by atoms with van der Waals surface area (Å²) in [7, 11) is -3.39. The summed E-state index contributed by atoms with van der Waals surface area (Å²) in [6.07, 6.45) is 0.912. The van der Waals surface area contributed by atoms with Crippen molar-refractivity contribution in [2.75, 3.05) is 5.75 Å². The molecule has 0 aliphatic carbocycles. The van der Waals surface area contributed by atoms with Crippen LogP contribution < -0.4 is 5.32 Å². The van der Waals surface area contributed by atoms with Gasteiger partial charge in [-0.3, -0.25) is 4.79 Å². The molecular formula is C19H22ClNO3S. The van der Waals surface area contributed by atoms with Crippen molar-refractivity contribution in [3.05, 3.63) is 70.2 Å². The Morgan fingerprint density at radius 3 is 2.32 bits per heavy atom. The van der Waals surface area contributed by atoms with Gasteiger partial charge in [0.25, 0.3) is 0 Å². The Kier molecular flexibility index (Phi) is 7.02. The lowest BCUT2D eigenvalue weighted by molar-refractivity contribution is -0.120. The van der Waals surface area contributed by atoms with Crippen molar-refractivity contribution in [3.63, 3.8) is 0 Å². The van der Waals surface area contributed by atoms with Crippen LogP contribution in [-0.2, 0) is 33.4 Å². The molecule has 0 saturated heterocycles. The second-order valence-corrected chi connectivity index (χ2v) is 8.47. The molecule has 0 aliphatic heterocycles. The number of rotatable bonds is 8. The number of halogens is 1. The molecule has 2 rings (SSSR count). The number of hydrogen-bond donors (Lipinski definition) is 1. The first-order valence-electron chi connectivity index (χ1n) is 8.18. The summed E-state index contributed by atoms with van der Waals surface area (Å²) in [6.45, 7) is 2.48. The van der Waals surface area contributed by atoms with Gasteiger partial charge in [0.15, 0.2) is 9.84 Å². The molecule has 0 spiro atoms. The summed E-state index contributed by atoms with van der Waals surface area (Å²) in [4.78, 5) is 11.9. The van der Waals surface area contributed by atoms with Gasteiger partial charge in [-0.2, -0.15) is 0 Å². The maximum absolute atomic E-state index is 12.2. The van der Waals surface area contributed by atoms with E-state index in [1.165, 1.54) is 5.56 Å². The molecule has 4 nitrogen and oxygen atoms in total. The highest BCUT2D eigenvalue weighted by molar-refractivity contribution is 7.90. The molecule has 134 valence electrons. The fraction of sp³-hybridized carbons (Fsp3) is 0.316. The van der Waals surface area contributed by atoms with Crippen molar-refractivity contribution in [3.8, 4) is 0 Å². The molecule has 2 aromatic rings. The smallest absolute Gasteiger partial charge is 0.221 e. The first kappa shape index (κ1) is 19.5. The molecule has 0 unspecified atom stereocenters. The molecule has 0 atom stereocenters. The topological polar surface area (TPSA) is 63.2 Å². The van der Waals surface area contributed by atoms with Crippen molar-refractivity contribution >= 4 is 27.3 Å². The Balaban J connectivity index is 1.81. The standard InChI is InChI=1S/C19H22ClNO3S/c1-2-15-7-9-16(10-8-15)13-21-19(22)11-12-25(23,24)14-17-5-3-4-6-18(17)20/h3-10H,2,11-14H2,1H3,(H,21,22). The number of carbonyl (C=O) groups is 1. The van der Waals surface area contributed by atoms with Gasteiger partial charge in [-0.25, -0.2) is 8.42 Å². The summed E-state index contributed by atoms with van der Waals surface area (Å²) in [6, 6.07) is 14.8. The number of sulfone groups is 1. The van der Waals surface area contributed by atoms with Gasteiger partial charge in [-0.05, 0) is 29.2 Å². The summed E-state index contributed by atoms with van der Waals surface area (Å²) in [5.41, 5.74) is 2.78. The van der Waals surface area contributed by atoms with Crippen LogP contribution in [0.5, 0.6) is 0 Å². The van der Waals surface area contributed by atoms with Gasteiger partial charge in [-0.15, -0.1) is 0 Å². The van der Waals surface area contributed by atoms with Gasteiger partial charge >= 0.3 is 0 Å². The van der Waals surface area contributed by atoms with E-state index in [-0.39, 0.29) is 23.8 Å². The highest BCUT2D eigenvalue weighted by atomic mass is 35.5. The Morgan fingerprint density at radius 1 is 1.04 bits per heavy atom. The normalized spacial score (nSPS) is 11.3. The maximum atomic E-state index is 12.2. The maximum Gasteiger partial charge on any atom is 0.221 e. The highest BCUT2D eigenvalue weighted by Gasteiger charge is 2.16. The highest BCUT2D eigenvalue weighted by Crippen LogP contribution is 2.18. The van der Waals surface area contributed by atoms with Crippen molar-refractivity contribution in [1.29, 1.82) is 0 Å². The van der Waals surface area contributed by atoms with Crippen molar-refractivity contribution in [2.24, 2.45) is 0 Å². The molecule has 6 heteroatoms. The monoisotopic (exact) mass is 379 g/mol. The average molecular weight is 380 g/mol. The van der Waals surface area contributed by atoms with Crippen LogP contribution in [0.1, 0.15) is 30.0 Å². The van der Waals surface area contributed by atoms with Gasteiger partial charge < -0.3 is 5.32 Å². The molecule has 0 aliphatic rings. The zero-order valence-corrected chi connectivity index (χ0v) is 15.7. The van der Waals surface area contributed by atoms with E-state index in [1.54, 1.807) is 24.3 Å². The molecule has 0 bridgehead atoms. The molecule has 1 amide bonds. The summed E-state index contributed by atoms with van der Waals surface area (Å²) in [5, 5.41) is 3.18. The second-order valence-electron chi connectivity index (χ2n) is 5.88. The number of benzene rings is 2.